The molecule has 0 unspecified atom stereocenters. The summed E-state index contributed by atoms with van der Waals surface area (Å²) in [4.78, 5) is 43.8. The monoisotopic (exact) mass is 364 g/mol. The first-order valence-electron chi connectivity index (χ1n) is 8.77. The predicted molar refractivity (Wildman–Crippen MR) is 100 cm³/mol. The first-order valence-corrected chi connectivity index (χ1v) is 8.77. The van der Waals surface area contributed by atoms with Gasteiger partial charge < -0.3 is 10.6 Å². The van der Waals surface area contributed by atoms with E-state index in [0.717, 1.165) is 11.1 Å². The number of carbonyl (C=O) groups excluding carboxylic acids is 3. The van der Waals surface area contributed by atoms with Crippen LogP contribution < -0.4 is 10.6 Å². The normalized spacial score (nSPS) is 12.7. The number of rotatable bonds is 7. The van der Waals surface area contributed by atoms with E-state index < -0.39 is 0 Å². The second-order valence-corrected chi connectivity index (χ2v) is 6.19. The number of benzene rings is 1. The Kier molecular flexibility index (Phi) is 6.04. The Balaban J connectivity index is 1.38. The number of aromatic nitrogens is 1. The van der Waals surface area contributed by atoms with E-state index in [0.29, 0.717) is 37.9 Å². The van der Waals surface area contributed by atoms with Crippen LogP contribution in [0.3, 0.4) is 0 Å². The van der Waals surface area contributed by atoms with Crippen molar-refractivity contribution >= 4 is 23.4 Å². The number of nitrogens with zero attached hydrogens (tertiary/aromatic N) is 2. The standard InChI is InChI=1S/C20H20N4O3/c25-18(12-14-6-10-21-11-7-14)22-8-3-9-23-20(27)17-13-15-4-1-2-5-16(15)19(26)24-17/h1-2,4-7,10-11H,3,8-9,12-13H2,(H,22,25)(H,23,27). The summed E-state index contributed by atoms with van der Waals surface area (Å²) in [5, 5.41) is 5.56. The third-order valence-electron chi connectivity index (χ3n) is 4.18. The molecule has 0 spiro atoms. The molecule has 1 aromatic heterocycles. The van der Waals surface area contributed by atoms with E-state index in [1.165, 1.54) is 0 Å². The van der Waals surface area contributed by atoms with Crippen LogP contribution in [0.5, 0.6) is 0 Å². The van der Waals surface area contributed by atoms with E-state index in [1.54, 1.807) is 36.7 Å². The van der Waals surface area contributed by atoms with Crippen LogP contribution in [0.2, 0.25) is 0 Å². The maximum absolute atomic E-state index is 12.2. The predicted octanol–water partition coefficient (Wildman–Crippen LogP) is 1.08. The number of hydrogen-bond donors (Lipinski definition) is 2. The summed E-state index contributed by atoms with van der Waals surface area (Å²) in [6, 6.07) is 10.7. The molecule has 1 aliphatic heterocycles. The summed E-state index contributed by atoms with van der Waals surface area (Å²) in [5.74, 6) is -0.808. The molecule has 0 atom stereocenters. The Bertz CT molecular complexity index is 878. The average molecular weight is 364 g/mol. The van der Waals surface area contributed by atoms with Crippen molar-refractivity contribution in [3.05, 3.63) is 65.5 Å². The maximum atomic E-state index is 12.2. The summed E-state index contributed by atoms with van der Waals surface area (Å²) in [6.07, 6.45) is 4.53. The zero-order chi connectivity index (χ0) is 19.1. The lowest BCUT2D eigenvalue weighted by atomic mass is 9.98. The van der Waals surface area contributed by atoms with Crippen LogP contribution in [0, 0.1) is 0 Å². The molecule has 1 aliphatic rings. The van der Waals surface area contributed by atoms with Crippen molar-refractivity contribution < 1.29 is 14.4 Å². The molecule has 7 heteroatoms. The summed E-state index contributed by atoms with van der Waals surface area (Å²) < 4.78 is 0. The lowest BCUT2D eigenvalue weighted by molar-refractivity contribution is -0.120. The molecule has 3 rings (SSSR count). The van der Waals surface area contributed by atoms with Gasteiger partial charge in [-0.2, -0.15) is 0 Å². The van der Waals surface area contributed by atoms with Crippen LogP contribution >= 0.6 is 0 Å². The van der Waals surface area contributed by atoms with Crippen molar-refractivity contribution in [3.63, 3.8) is 0 Å². The van der Waals surface area contributed by atoms with Gasteiger partial charge in [0.05, 0.1) is 6.42 Å². The van der Waals surface area contributed by atoms with Gasteiger partial charge in [0.15, 0.2) is 0 Å². The van der Waals surface area contributed by atoms with E-state index in [4.69, 9.17) is 0 Å². The van der Waals surface area contributed by atoms with Gasteiger partial charge in [-0.3, -0.25) is 19.4 Å². The fourth-order valence-corrected chi connectivity index (χ4v) is 2.79. The quantitative estimate of drug-likeness (QED) is 0.718. The number of fused-ring (bicyclic) bond motifs is 1. The molecule has 2 heterocycles. The fraction of sp³-hybridized carbons (Fsp3) is 0.250. The van der Waals surface area contributed by atoms with Gasteiger partial charge >= 0.3 is 0 Å². The largest absolute Gasteiger partial charge is 0.356 e. The van der Waals surface area contributed by atoms with Crippen LogP contribution in [0.25, 0.3) is 0 Å². The fourth-order valence-electron chi connectivity index (χ4n) is 2.79. The molecule has 0 aliphatic carbocycles. The van der Waals surface area contributed by atoms with E-state index in [1.807, 2.05) is 12.1 Å². The molecule has 2 aromatic rings. The Labute approximate surface area is 156 Å². The van der Waals surface area contributed by atoms with Gasteiger partial charge in [0.2, 0.25) is 5.91 Å². The molecule has 0 bridgehead atoms. The Morgan fingerprint density at radius 3 is 2.56 bits per heavy atom. The number of aliphatic imine (C=N–C) groups is 1. The molecule has 1 aromatic carbocycles. The van der Waals surface area contributed by atoms with Crippen molar-refractivity contribution in [1.29, 1.82) is 0 Å². The number of pyridine rings is 1. The van der Waals surface area contributed by atoms with E-state index in [-0.39, 0.29) is 23.4 Å². The van der Waals surface area contributed by atoms with Gasteiger partial charge in [-0.1, -0.05) is 18.2 Å². The molecule has 138 valence electrons. The minimum Gasteiger partial charge on any atom is -0.356 e. The number of amides is 3. The van der Waals surface area contributed by atoms with Crippen molar-refractivity contribution in [1.82, 2.24) is 15.6 Å². The highest BCUT2D eigenvalue weighted by molar-refractivity contribution is 6.42. The molecule has 7 nitrogen and oxygen atoms in total. The highest BCUT2D eigenvalue weighted by atomic mass is 16.2. The van der Waals surface area contributed by atoms with E-state index in [9.17, 15) is 14.4 Å². The zero-order valence-electron chi connectivity index (χ0n) is 14.8. The third kappa shape index (κ3) is 5.07. The SMILES string of the molecule is O=C(Cc1ccncc1)NCCCNC(=O)C1=NC(=O)c2ccccc2C1. The summed E-state index contributed by atoms with van der Waals surface area (Å²) in [7, 11) is 0. The first kappa shape index (κ1) is 18.4. The van der Waals surface area contributed by atoms with Crippen LogP contribution in [-0.2, 0) is 22.4 Å². The Hall–Kier alpha value is -3.35. The number of carbonyl (C=O) groups is 3. The van der Waals surface area contributed by atoms with Gasteiger partial charge in [0, 0.05) is 37.5 Å². The minimum absolute atomic E-state index is 0.0774. The Morgan fingerprint density at radius 1 is 1.00 bits per heavy atom. The van der Waals surface area contributed by atoms with Gasteiger partial charge in [0.1, 0.15) is 5.71 Å². The molecule has 0 saturated carbocycles. The smallest absolute Gasteiger partial charge is 0.277 e. The van der Waals surface area contributed by atoms with Gasteiger partial charge in [-0.15, -0.1) is 0 Å². The number of hydrogen-bond acceptors (Lipinski definition) is 4. The second-order valence-electron chi connectivity index (χ2n) is 6.19. The number of nitrogens with one attached hydrogen (secondary N) is 2. The molecule has 27 heavy (non-hydrogen) atoms. The lowest BCUT2D eigenvalue weighted by Crippen LogP contribution is -2.36. The van der Waals surface area contributed by atoms with Crippen molar-refractivity contribution in [2.45, 2.75) is 19.3 Å². The molecule has 2 N–H and O–H groups in total. The molecule has 0 fully saturated rings. The average Bonchev–Trinajstić information content (AvgIpc) is 2.68. The second kappa shape index (κ2) is 8.84. The Morgan fingerprint density at radius 2 is 1.74 bits per heavy atom. The van der Waals surface area contributed by atoms with E-state index in [2.05, 4.69) is 20.6 Å². The lowest BCUT2D eigenvalue weighted by Gasteiger charge is -2.14. The highest BCUT2D eigenvalue weighted by Gasteiger charge is 2.22. The van der Waals surface area contributed by atoms with Crippen LogP contribution in [0.4, 0.5) is 0 Å². The van der Waals surface area contributed by atoms with Crippen LogP contribution in [0.15, 0.2) is 53.8 Å². The van der Waals surface area contributed by atoms with Crippen molar-refractivity contribution in [2.24, 2.45) is 4.99 Å². The summed E-state index contributed by atoms with van der Waals surface area (Å²) in [6.45, 7) is 0.849. The van der Waals surface area contributed by atoms with Crippen LogP contribution in [-0.4, -0.2) is 41.5 Å². The van der Waals surface area contributed by atoms with Gasteiger partial charge in [-0.25, -0.2) is 4.99 Å². The van der Waals surface area contributed by atoms with Crippen molar-refractivity contribution in [3.8, 4) is 0 Å². The van der Waals surface area contributed by atoms with Gasteiger partial charge in [-0.05, 0) is 35.7 Å². The molecular weight excluding hydrogens is 344 g/mol. The molecule has 3 amide bonds. The highest BCUT2D eigenvalue weighted by Crippen LogP contribution is 2.16. The summed E-state index contributed by atoms with van der Waals surface area (Å²) >= 11 is 0. The van der Waals surface area contributed by atoms with Crippen molar-refractivity contribution in [2.75, 3.05) is 13.1 Å². The topological polar surface area (TPSA) is 101 Å². The molecular formula is C20H20N4O3. The first-order chi connectivity index (χ1) is 13.1. The molecule has 0 radical (unpaired) electrons. The maximum Gasteiger partial charge on any atom is 0.277 e. The minimum atomic E-state index is -0.384. The van der Waals surface area contributed by atoms with Gasteiger partial charge in [0.25, 0.3) is 11.8 Å². The third-order valence-corrected chi connectivity index (χ3v) is 4.18. The van der Waals surface area contributed by atoms with E-state index >= 15 is 0 Å². The van der Waals surface area contributed by atoms with Crippen LogP contribution in [0.1, 0.15) is 27.9 Å². The summed E-state index contributed by atoms with van der Waals surface area (Å²) in [5.41, 5.74) is 2.48. The molecule has 0 saturated heterocycles. The zero-order valence-corrected chi connectivity index (χ0v) is 14.8.